The number of hydrogen-bond acceptors (Lipinski definition) is 8. The van der Waals surface area contributed by atoms with Crippen LogP contribution in [0.5, 0.6) is 0 Å². The monoisotopic (exact) mass is 550 g/mol. The molecule has 2 saturated carbocycles. The molecule has 3 heterocycles. The van der Waals surface area contributed by atoms with Gasteiger partial charge >= 0.3 is 12.1 Å². The Labute approximate surface area is 225 Å². The first kappa shape index (κ1) is 26.6. The van der Waals surface area contributed by atoms with E-state index in [4.69, 9.17) is 4.74 Å². The van der Waals surface area contributed by atoms with Crippen LogP contribution in [0.15, 0.2) is 9.81 Å². The lowest BCUT2D eigenvalue weighted by molar-refractivity contribution is -0.153. The first-order chi connectivity index (χ1) is 17.7. The van der Waals surface area contributed by atoms with Gasteiger partial charge in [0.05, 0.1) is 17.5 Å². The Bertz CT molecular complexity index is 1050. The molecule has 0 unspecified atom stereocenters. The number of hydrogen-bond donors (Lipinski definition) is 1. The molecule has 0 atom stereocenters. The molecule has 5 fully saturated rings. The van der Waals surface area contributed by atoms with E-state index < -0.39 is 23.4 Å². The molecule has 0 bridgehead atoms. The van der Waals surface area contributed by atoms with Crippen LogP contribution in [0.4, 0.5) is 9.59 Å². The molecular formula is C25H34N4O6S2. The number of ether oxygens (including phenoxy) is 1. The summed E-state index contributed by atoms with van der Waals surface area (Å²) in [5.74, 6) is 0.441. The molecule has 10 nitrogen and oxygen atoms in total. The van der Waals surface area contributed by atoms with Crippen molar-refractivity contribution in [3.63, 3.8) is 0 Å². The van der Waals surface area contributed by atoms with Gasteiger partial charge in [-0.25, -0.2) is 9.59 Å². The van der Waals surface area contributed by atoms with Crippen molar-refractivity contribution in [3.8, 4) is 0 Å². The zero-order valence-corrected chi connectivity index (χ0v) is 23.2. The fraction of sp³-hybridized carbons (Fsp3) is 0.720. The summed E-state index contributed by atoms with van der Waals surface area (Å²) in [6, 6.07) is -1.19. The number of nitrogens with one attached hydrogen (secondary N) is 1. The van der Waals surface area contributed by atoms with E-state index in [2.05, 4.69) is 5.32 Å². The van der Waals surface area contributed by atoms with Crippen LogP contribution in [0.1, 0.15) is 52.4 Å². The van der Waals surface area contributed by atoms with Gasteiger partial charge in [-0.15, -0.1) is 23.5 Å². The predicted octanol–water partition coefficient (Wildman–Crippen LogP) is 2.78. The zero-order valence-electron chi connectivity index (χ0n) is 21.5. The van der Waals surface area contributed by atoms with E-state index in [-0.39, 0.29) is 34.9 Å². The topological polar surface area (TPSA) is 116 Å². The lowest BCUT2D eigenvalue weighted by Gasteiger charge is -2.59. The van der Waals surface area contributed by atoms with Gasteiger partial charge in [-0.2, -0.15) is 0 Å². The Morgan fingerprint density at radius 2 is 1.65 bits per heavy atom. The second-order valence-corrected chi connectivity index (χ2v) is 13.5. The Morgan fingerprint density at radius 3 is 2.19 bits per heavy atom. The number of imide groups is 3. The van der Waals surface area contributed by atoms with Gasteiger partial charge < -0.3 is 9.64 Å². The number of carbonyl (C=O) groups is 5. The largest absolute Gasteiger partial charge is 0.381 e. The Hall–Kier alpha value is -2.05. The summed E-state index contributed by atoms with van der Waals surface area (Å²) < 4.78 is 5.93. The number of likely N-dealkylation sites (N-methyl/N-ethyl adjacent to an activating group) is 1. The molecule has 0 aromatic heterocycles. The van der Waals surface area contributed by atoms with E-state index in [1.165, 1.54) is 33.3 Å². The van der Waals surface area contributed by atoms with Crippen molar-refractivity contribution >= 4 is 53.3 Å². The first-order valence-electron chi connectivity index (χ1n) is 13.0. The molecule has 5 aliphatic rings. The van der Waals surface area contributed by atoms with Gasteiger partial charge in [0.25, 0.3) is 17.7 Å². The van der Waals surface area contributed by atoms with E-state index in [1.807, 2.05) is 13.8 Å². The minimum absolute atomic E-state index is 0.0647. The SMILES string of the molecule is CCSC(SCC)=C1C(=O)NC(=O)N(C2CCC3(CC2)CC2(C3)C(=O)N(C)C(=O)N2CC2COC2)C1=O. The fourth-order valence-electron chi connectivity index (χ4n) is 6.63. The van der Waals surface area contributed by atoms with E-state index in [0.29, 0.717) is 49.7 Å². The van der Waals surface area contributed by atoms with Crippen molar-refractivity contribution in [2.24, 2.45) is 11.3 Å². The molecule has 12 heteroatoms. The van der Waals surface area contributed by atoms with E-state index in [9.17, 15) is 24.0 Å². The Morgan fingerprint density at radius 1 is 1.03 bits per heavy atom. The van der Waals surface area contributed by atoms with E-state index >= 15 is 0 Å². The summed E-state index contributed by atoms with van der Waals surface area (Å²) in [7, 11) is 1.56. The average Bonchev–Trinajstić information content (AvgIpc) is 2.98. The third kappa shape index (κ3) is 4.28. The van der Waals surface area contributed by atoms with Crippen molar-refractivity contribution in [1.29, 1.82) is 0 Å². The number of carbonyl (C=O) groups excluding carboxylic acids is 5. The van der Waals surface area contributed by atoms with Crippen LogP contribution >= 0.6 is 23.5 Å². The zero-order chi connectivity index (χ0) is 26.5. The lowest BCUT2D eigenvalue weighted by atomic mass is 9.51. The summed E-state index contributed by atoms with van der Waals surface area (Å²) in [6.07, 6.45) is 3.97. The van der Waals surface area contributed by atoms with Gasteiger partial charge in [-0.1, -0.05) is 13.8 Å². The molecule has 2 spiro atoms. The number of urea groups is 2. The minimum atomic E-state index is -0.779. The Kier molecular flexibility index (Phi) is 7.12. The van der Waals surface area contributed by atoms with Gasteiger partial charge in [0.15, 0.2) is 0 Å². The van der Waals surface area contributed by atoms with Gasteiger partial charge in [0, 0.05) is 25.6 Å². The van der Waals surface area contributed by atoms with Crippen molar-refractivity contribution in [2.75, 3.05) is 38.3 Å². The van der Waals surface area contributed by atoms with Crippen LogP contribution in [0.3, 0.4) is 0 Å². The third-order valence-corrected chi connectivity index (χ3v) is 10.7. The number of barbiturate groups is 1. The van der Waals surface area contributed by atoms with Crippen molar-refractivity contribution in [2.45, 2.75) is 64.0 Å². The fourth-order valence-corrected chi connectivity index (χ4v) is 8.84. The highest BCUT2D eigenvalue weighted by Crippen LogP contribution is 2.61. The van der Waals surface area contributed by atoms with E-state index in [1.54, 1.807) is 11.9 Å². The first-order valence-corrected chi connectivity index (χ1v) is 15.0. The Balaban J connectivity index is 1.29. The predicted molar refractivity (Wildman–Crippen MR) is 140 cm³/mol. The highest BCUT2D eigenvalue weighted by molar-refractivity contribution is 8.22. The van der Waals surface area contributed by atoms with Crippen molar-refractivity contribution < 1.29 is 28.7 Å². The van der Waals surface area contributed by atoms with Crippen LogP contribution in [-0.4, -0.2) is 94.4 Å². The average molecular weight is 551 g/mol. The number of thioether (sulfide) groups is 2. The number of nitrogens with zero attached hydrogens (tertiary/aromatic N) is 3. The molecule has 7 amide bonds. The molecule has 1 N–H and O–H groups in total. The molecule has 0 aromatic rings. The van der Waals surface area contributed by atoms with Gasteiger partial charge in [0.1, 0.15) is 11.1 Å². The summed E-state index contributed by atoms with van der Waals surface area (Å²) >= 11 is 2.89. The van der Waals surface area contributed by atoms with Crippen LogP contribution < -0.4 is 5.32 Å². The molecule has 2 aliphatic carbocycles. The molecule has 3 saturated heterocycles. The molecular weight excluding hydrogens is 516 g/mol. The maximum Gasteiger partial charge on any atom is 0.331 e. The second-order valence-electron chi connectivity index (χ2n) is 10.7. The third-order valence-electron chi connectivity index (χ3n) is 8.45. The molecule has 0 aromatic carbocycles. The van der Waals surface area contributed by atoms with Gasteiger partial charge in [0.2, 0.25) is 0 Å². The van der Waals surface area contributed by atoms with Gasteiger partial charge in [-0.05, 0) is 55.4 Å². The highest BCUT2D eigenvalue weighted by atomic mass is 32.2. The maximum absolute atomic E-state index is 13.4. The molecule has 0 radical (unpaired) electrons. The lowest BCUT2D eigenvalue weighted by Crippen LogP contribution is -2.66. The second kappa shape index (κ2) is 9.92. The maximum atomic E-state index is 13.4. The van der Waals surface area contributed by atoms with E-state index in [0.717, 1.165) is 24.3 Å². The van der Waals surface area contributed by atoms with Gasteiger partial charge in [-0.3, -0.25) is 29.5 Å². The minimum Gasteiger partial charge on any atom is -0.381 e. The standard InChI is InChI=1S/C25H34N4O6S2/c1-4-36-20(37-5-2)17-18(30)26-22(33)29(19(17)31)16-6-8-24(9-7-16)13-25(14-24)21(32)27(3)23(34)28(25)10-15-11-35-12-15/h15-16H,4-14H2,1-3H3,(H,26,30,33). The van der Waals surface area contributed by atoms with Crippen LogP contribution in [0.2, 0.25) is 0 Å². The smallest absolute Gasteiger partial charge is 0.331 e. The summed E-state index contributed by atoms with van der Waals surface area (Å²) in [6.45, 7) is 5.69. The molecule has 202 valence electrons. The number of rotatable bonds is 7. The normalized spacial score (nSPS) is 32.4. The summed E-state index contributed by atoms with van der Waals surface area (Å²) in [5.41, 5.74) is -0.801. The van der Waals surface area contributed by atoms with Crippen LogP contribution in [-0.2, 0) is 19.1 Å². The summed E-state index contributed by atoms with van der Waals surface area (Å²) in [5, 5.41) is 2.38. The number of amides is 7. The molecule has 5 rings (SSSR count). The van der Waals surface area contributed by atoms with Crippen LogP contribution in [0.25, 0.3) is 0 Å². The quantitative estimate of drug-likeness (QED) is 0.292. The highest BCUT2D eigenvalue weighted by Gasteiger charge is 2.68. The molecule has 37 heavy (non-hydrogen) atoms. The van der Waals surface area contributed by atoms with Crippen molar-refractivity contribution in [3.05, 3.63) is 9.81 Å². The summed E-state index contributed by atoms with van der Waals surface area (Å²) in [4.78, 5) is 69.1. The molecule has 3 aliphatic heterocycles. The van der Waals surface area contributed by atoms with Crippen molar-refractivity contribution in [1.82, 2.24) is 20.0 Å². The van der Waals surface area contributed by atoms with Crippen LogP contribution in [0, 0.1) is 11.3 Å².